The van der Waals surface area contributed by atoms with E-state index >= 15 is 0 Å². The summed E-state index contributed by atoms with van der Waals surface area (Å²) in [6, 6.07) is 16.3. The molecule has 1 heterocycles. The van der Waals surface area contributed by atoms with Crippen LogP contribution in [0.25, 0.3) is 10.9 Å². The molecule has 0 unspecified atom stereocenters. The van der Waals surface area contributed by atoms with Crippen molar-refractivity contribution in [2.45, 2.75) is 6.61 Å². The van der Waals surface area contributed by atoms with Gasteiger partial charge < -0.3 is 9.72 Å². The fourth-order valence-electron chi connectivity index (χ4n) is 1.93. The van der Waals surface area contributed by atoms with Crippen molar-refractivity contribution in [2.75, 3.05) is 0 Å². The summed E-state index contributed by atoms with van der Waals surface area (Å²) in [7, 11) is 0. The lowest BCUT2D eigenvalue weighted by molar-refractivity contribution is 0.302. The molecule has 0 radical (unpaired) electrons. The van der Waals surface area contributed by atoms with E-state index in [1.807, 2.05) is 36.4 Å². The minimum atomic E-state index is -0.213. The van der Waals surface area contributed by atoms with E-state index in [2.05, 4.69) is 4.98 Å². The zero-order valence-electron chi connectivity index (χ0n) is 9.69. The molecule has 3 heteroatoms. The molecule has 2 aromatic carbocycles. The molecule has 0 fully saturated rings. The molecule has 0 aliphatic carbocycles. The highest BCUT2D eigenvalue weighted by molar-refractivity contribution is 5.80. The highest BCUT2D eigenvalue weighted by Crippen LogP contribution is 2.19. The summed E-state index contributed by atoms with van der Waals surface area (Å²) in [4.78, 5) is 3.14. The van der Waals surface area contributed by atoms with Crippen LogP contribution in [0.2, 0.25) is 0 Å². The molecule has 0 saturated heterocycles. The maximum absolute atomic E-state index is 13.5. The summed E-state index contributed by atoms with van der Waals surface area (Å²) in [5.41, 5.74) is 1.65. The first-order chi connectivity index (χ1) is 8.83. The van der Waals surface area contributed by atoms with Crippen LogP contribution in [0.5, 0.6) is 5.75 Å². The van der Waals surface area contributed by atoms with E-state index in [1.54, 1.807) is 12.1 Å². The smallest absolute Gasteiger partial charge is 0.132 e. The molecule has 0 amide bonds. The van der Waals surface area contributed by atoms with Crippen LogP contribution in [-0.2, 0) is 6.61 Å². The second-order valence-corrected chi connectivity index (χ2v) is 4.10. The second kappa shape index (κ2) is 4.53. The Morgan fingerprint density at radius 2 is 1.83 bits per heavy atom. The Morgan fingerprint density at radius 3 is 2.61 bits per heavy atom. The summed E-state index contributed by atoms with van der Waals surface area (Å²) in [5.74, 6) is 0.589. The van der Waals surface area contributed by atoms with Gasteiger partial charge in [0.05, 0.1) is 5.69 Å². The highest BCUT2D eigenvalue weighted by Gasteiger charge is 2.05. The fourth-order valence-corrected chi connectivity index (χ4v) is 1.93. The van der Waals surface area contributed by atoms with Crippen molar-refractivity contribution in [3.8, 4) is 5.75 Å². The molecule has 0 atom stereocenters. The van der Waals surface area contributed by atoms with E-state index in [0.29, 0.717) is 12.0 Å². The molecule has 90 valence electrons. The summed E-state index contributed by atoms with van der Waals surface area (Å²) in [5, 5.41) is 0.601. The molecular formula is C15H12FNO. The molecular weight excluding hydrogens is 229 g/mol. The molecule has 0 bridgehead atoms. The van der Waals surface area contributed by atoms with E-state index in [4.69, 9.17) is 4.74 Å². The van der Waals surface area contributed by atoms with E-state index in [-0.39, 0.29) is 5.82 Å². The van der Waals surface area contributed by atoms with Gasteiger partial charge in [0, 0.05) is 10.9 Å². The molecule has 1 aromatic heterocycles. The van der Waals surface area contributed by atoms with Crippen LogP contribution < -0.4 is 4.74 Å². The van der Waals surface area contributed by atoms with Crippen LogP contribution in [-0.4, -0.2) is 4.98 Å². The average molecular weight is 241 g/mol. The summed E-state index contributed by atoms with van der Waals surface area (Å²) in [6.45, 7) is 0.401. The van der Waals surface area contributed by atoms with Gasteiger partial charge in [-0.1, -0.05) is 24.3 Å². The lowest BCUT2D eigenvalue weighted by Gasteiger charge is -2.03. The Morgan fingerprint density at radius 1 is 1.00 bits per heavy atom. The molecule has 1 N–H and O–H groups in total. The number of hydrogen-bond acceptors (Lipinski definition) is 1. The topological polar surface area (TPSA) is 25.0 Å². The van der Waals surface area contributed by atoms with Gasteiger partial charge in [-0.15, -0.1) is 0 Å². The number of nitrogens with one attached hydrogen (secondary N) is 1. The molecule has 0 spiro atoms. The Labute approximate surface area is 104 Å². The number of fused-ring (bicyclic) bond motifs is 1. The molecule has 0 aliphatic heterocycles. The zero-order chi connectivity index (χ0) is 12.4. The van der Waals surface area contributed by atoms with Gasteiger partial charge in [-0.05, 0) is 30.3 Å². The number of aromatic nitrogens is 1. The number of rotatable bonds is 3. The van der Waals surface area contributed by atoms with Crippen molar-refractivity contribution in [1.29, 1.82) is 0 Å². The molecule has 0 saturated carbocycles. The summed E-state index contributed by atoms with van der Waals surface area (Å²) in [6.07, 6.45) is 0. The van der Waals surface area contributed by atoms with Crippen molar-refractivity contribution in [3.05, 3.63) is 66.1 Å². The minimum absolute atomic E-state index is 0.213. The lowest BCUT2D eigenvalue weighted by atomic mass is 10.2. The minimum Gasteiger partial charge on any atom is -0.487 e. The van der Waals surface area contributed by atoms with Gasteiger partial charge in [0.15, 0.2) is 0 Å². The van der Waals surface area contributed by atoms with Crippen molar-refractivity contribution < 1.29 is 9.13 Å². The lowest BCUT2D eigenvalue weighted by Crippen LogP contribution is -1.94. The Hall–Kier alpha value is -2.29. The molecule has 18 heavy (non-hydrogen) atoms. The average Bonchev–Trinajstić information content (AvgIpc) is 2.82. The van der Waals surface area contributed by atoms with Gasteiger partial charge in [0.1, 0.15) is 18.2 Å². The molecule has 2 nitrogen and oxygen atoms in total. The molecule has 3 rings (SSSR count). The summed E-state index contributed by atoms with van der Waals surface area (Å²) < 4.78 is 19.1. The maximum atomic E-state index is 13.5. The predicted molar refractivity (Wildman–Crippen MR) is 69.0 cm³/mol. The number of H-pyrrole nitrogens is 1. The predicted octanol–water partition coefficient (Wildman–Crippen LogP) is 3.89. The van der Waals surface area contributed by atoms with Crippen LogP contribution >= 0.6 is 0 Å². The third kappa shape index (κ3) is 2.07. The first-order valence-corrected chi connectivity index (χ1v) is 5.77. The number of hydrogen-bond donors (Lipinski definition) is 1. The number of para-hydroxylation sites is 1. The number of ether oxygens (including phenoxy) is 1. The normalized spacial score (nSPS) is 10.7. The summed E-state index contributed by atoms with van der Waals surface area (Å²) >= 11 is 0. The van der Waals surface area contributed by atoms with Crippen molar-refractivity contribution in [2.24, 2.45) is 0 Å². The van der Waals surface area contributed by atoms with Gasteiger partial charge in [0.2, 0.25) is 0 Å². The maximum Gasteiger partial charge on any atom is 0.132 e. The van der Waals surface area contributed by atoms with E-state index in [0.717, 1.165) is 17.0 Å². The fraction of sp³-hybridized carbons (Fsp3) is 0.0667. The number of aromatic amines is 1. The third-order valence-electron chi connectivity index (χ3n) is 2.80. The monoisotopic (exact) mass is 241 g/mol. The largest absolute Gasteiger partial charge is 0.487 e. The molecule has 3 aromatic rings. The Bertz CT molecular complexity index is 661. The number of halogens is 1. The standard InChI is InChI=1S/C15H12FNO/c16-14-7-4-8-15-13(14)9-11(17-15)10-18-12-5-2-1-3-6-12/h1-9,17H,10H2. The van der Waals surface area contributed by atoms with Gasteiger partial charge >= 0.3 is 0 Å². The van der Waals surface area contributed by atoms with Crippen LogP contribution in [0, 0.1) is 5.82 Å². The van der Waals surface area contributed by atoms with Crippen molar-refractivity contribution in [1.82, 2.24) is 4.98 Å². The second-order valence-electron chi connectivity index (χ2n) is 4.10. The van der Waals surface area contributed by atoms with Crippen LogP contribution in [0.3, 0.4) is 0 Å². The van der Waals surface area contributed by atoms with E-state index in [1.165, 1.54) is 6.07 Å². The van der Waals surface area contributed by atoms with E-state index < -0.39 is 0 Å². The Balaban J connectivity index is 1.81. The Kier molecular flexibility index (Phi) is 2.73. The number of benzene rings is 2. The third-order valence-corrected chi connectivity index (χ3v) is 2.80. The van der Waals surface area contributed by atoms with E-state index in [9.17, 15) is 4.39 Å². The van der Waals surface area contributed by atoms with Crippen LogP contribution in [0.1, 0.15) is 5.69 Å². The first kappa shape index (κ1) is 10.8. The quantitative estimate of drug-likeness (QED) is 0.739. The van der Waals surface area contributed by atoms with Gasteiger partial charge in [-0.2, -0.15) is 0 Å². The van der Waals surface area contributed by atoms with Gasteiger partial charge in [0.25, 0.3) is 0 Å². The SMILES string of the molecule is Fc1cccc2[nH]c(COc3ccccc3)cc12. The highest BCUT2D eigenvalue weighted by atomic mass is 19.1. The van der Waals surface area contributed by atoms with Crippen LogP contribution in [0.15, 0.2) is 54.6 Å². The van der Waals surface area contributed by atoms with Gasteiger partial charge in [-0.3, -0.25) is 0 Å². The van der Waals surface area contributed by atoms with Gasteiger partial charge in [-0.25, -0.2) is 4.39 Å². The van der Waals surface area contributed by atoms with Crippen molar-refractivity contribution >= 4 is 10.9 Å². The first-order valence-electron chi connectivity index (χ1n) is 5.77. The zero-order valence-corrected chi connectivity index (χ0v) is 9.69. The van der Waals surface area contributed by atoms with Crippen molar-refractivity contribution in [3.63, 3.8) is 0 Å². The van der Waals surface area contributed by atoms with Crippen LogP contribution in [0.4, 0.5) is 4.39 Å². The molecule has 0 aliphatic rings.